The molecule has 0 spiro atoms. The van der Waals surface area contributed by atoms with Gasteiger partial charge in [-0.1, -0.05) is 6.07 Å². The molecule has 0 bridgehead atoms. The molecule has 1 N–H and O–H groups in total. The average molecular weight is 415 g/mol. The van der Waals surface area contributed by atoms with Gasteiger partial charge >= 0.3 is 11.9 Å². The summed E-state index contributed by atoms with van der Waals surface area (Å²) in [6, 6.07) is 8.93. The number of hydrogen-bond donors (Lipinski definition) is 1. The summed E-state index contributed by atoms with van der Waals surface area (Å²) in [6.45, 7) is 4.35. The van der Waals surface area contributed by atoms with Gasteiger partial charge in [-0.3, -0.25) is 19.7 Å². The lowest BCUT2D eigenvalue weighted by Crippen LogP contribution is -2.30. The van der Waals surface area contributed by atoms with E-state index < -0.39 is 29.3 Å². The summed E-state index contributed by atoms with van der Waals surface area (Å²) in [4.78, 5) is 47.5. The van der Waals surface area contributed by atoms with Crippen LogP contribution >= 0.6 is 0 Å². The molecular formula is C20H21N3O7. The van der Waals surface area contributed by atoms with Gasteiger partial charge in [0.15, 0.2) is 6.61 Å². The summed E-state index contributed by atoms with van der Waals surface area (Å²) in [5.74, 6) is -1.92. The Morgan fingerprint density at radius 1 is 1.20 bits per heavy atom. The molecule has 0 radical (unpaired) electrons. The Bertz CT molecular complexity index is 961. The van der Waals surface area contributed by atoms with Gasteiger partial charge in [0.1, 0.15) is 10.7 Å². The van der Waals surface area contributed by atoms with Crippen molar-refractivity contribution in [3.8, 4) is 0 Å². The topological polar surface area (TPSA) is 132 Å². The summed E-state index contributed by atoms with van der Waals surface area (Å²) in [5.41, 5.74) is 0.830. The Balaban J connectivity index is 1.87. The Kier molecular flexibility index (Phi) is 7.86. The van der Waals surface area contributed by atoms with E-state index in [1.54, 1.807) is 29.2 Å². The van der Waals surface area contributed by atoms with Gasteiger partial charge in [0.2, 0.25) is 0 Å². The number of nitro groups is 1. The molecule has 10 nitrogen and oxygen atoms in total. The van der Waals surface area contributed by atoms with Crippen molar-refractivity contribution in [2.24, 2.45) is 0 Å². The highest BCUT2D eigenvalue weighted by Gasteiger charge is 2.14. The molecule has 2 aromatic rings. The van der Waals surface area contributed by atoms with Gasteiger partial charge in [-0.15, -0.1) is 0 Å². The molecule has 1 aromatic carbocycles. The van der Waals surface area contributed by atoms with Crippen LogP contribution in [-0.2, 0) is 14.3 Å². The number of amides is 2. The van der Waals surface area contributed by atoms with Gasteiger partial charge in [-0.25, -0.2) is 4.79 Å². The van der Waals surface area contributed by atoms with Crippen LogP contribution in [0.25, 0.3) is 6.08 Å². The van der Waals surface area contributed by atoms with Crippen LogP contribution in [0.15, 0.2) is 46.9 Å². The maximum Gasteiger partial charge on any atom is 0.433 e. The zero-order valence-corrected chi connectivity index (χ0v) is 16.5. The van der Waals surface area contributed by atoms with E-state index in [1.807, 2.05) is 13.8 Å². The number of carbonyl (C=O) groups is 3. The second kappa shape index (κ2) is 10.6. The first-order chi connectivity index (χ1) is 14.3. The molecule has 0 aliphatic rings. The number of nitrogens with zero attached hydrogens (tertiary/aromatic N) is 2. The molecule has 0 aliphatic carbocycles. The van der Waals surface area contributed by atoms with Crippen LogP contribution in [0.5, 0.6) is 0 Å². The lowest BCUT2D eigenvalue weighted by Gasteiger charge is -2.19. The third kappa shape index (κ3) is 6.30. The molecule has 158 valence electrons. The molecule has 1 aromatic heterocycles. The number of carbonyl (C=O) groups excluding carboxylic acids is 3. The number of benzene rings is 1. The SMILES string of the molecule is CCN(CC)C(=O)c1cccc(NC(=O)COC(=O)/C=C/c2ccc([N+](=O)[O-])o2)c1. The minimum absolute atomic E-state index is 0.0952. The van der Waals surface area contributed by atoms with Gasteiger partial charge in [-0.05, 0) is 44.2 Å². The van der Waals surface area contributed by atoms with Gasteiger partial charge in [0.25, 0.3) is 11.8 Å². The normalized spacial score (nSPS) is 10.6. The van der Waals surface area contributed by atoms with E-state index in [1.165, 1.54) is 12.1 Å². The Morgan fingerprint density at radius 2 is 1.93 bits per heavy atom. The number of anilines is 1. The van der Waals surface area contributed by atoms with E-state index >= 15 is 0 Å². The van der Waals surface area contributed by atoms with Crippen LogP contribution in [0.2, 0.25) is 0 Å². The fourth-order valence-corrected chi connectivity index (χ4v) is 2.49. The Hall–Kier alpha value is -3.95. The summed E-state index contributed by atoms with van der Waals surface area (Å²) in [5, 5.41) is 13.1. The summed E-state index contributed by atoms with van der Waals surface area (Å²) >= 11 is 0. The minimum Gasteiger partial charge on any atom is -0.452 e. The van der Waals surface area contributed by atoms with Crippen LogP contribution in [0, 0.1) is 10.1 Å². The van der Waals surface area contributed by atoms with Crippen molar-refractivity contribution < 1.29 is 28.5 Å². The molecule has 0 saturated carbocycles. The van der Waals surface area contributed by atoms with Gasteiger partial charge in [0, 0.05) is 30.4 Å². The highest BCUT2D eigenvalue weighted by atomic mass is 16.6. The van der Waals surface area contributed by atoms with Gasteiger partial charge in [-0.2, -0.15) is 0 Å². The van der Waals surface area contributed by atoms with Crippen molar-refractivity contribution in [3.05, 3.63) is 63.9 Å². The first kappa shape index (κ1) is 22.3. The minimum atomic E-state index is -0.824. The van der Waals surface area contributed by atoms with E-state index in [9.17, 15) is 24.5 Å². The van der Waals surface area contributed by atoms with E-state index in [0.29, 0.717) is 24.3 Å². The zero-order chi connectivity index (χ0) is 22.1. The summed E-state index contributed by atoms with van der Waals surface area (Å²) in [6.07, 6.45) is 2.18. The van der Waals surface area contributed by atoms with Crippen LogP contribution in [0.4, 0.5) is 11.6 Å². The van der Waals surface area contributed by atoms with Crippen molar-refractivity contribution in [1.82, 2.24) is 4.90 Å². The molecule has 0 unspecified atom stereocenters. The van der Waals surface area contributed by atoms with E-state index in [-0.39, 0.29) is 11.7 Å². The van der Waals surface area contributed by atoms with Gasteiger partial charge < -0.3 is 19.4 Å². The van der Waals surface area contributed by atoms with Crippen molar-refractivity contribution in [2.75, 3.05) is 25.0 Å². The standard InChI is InChI=1S/C20H21N3O7/c1-3-22(4-2)20(26)14-6-5-7-15(12-14)21-17(24)13-29-19(25)11-9-16-8-10-18(30-16)23(27)28/h5-12H,3-4,13H2,1-2H3,(H,21,24)/b11-9+. The summed E-state index contributed by atoms with van der Waals surface area (Å²) in [7, 11) is 0. The van der Waals surface area contributed by atoms with Crippen molar-refractivity contribution in [1.29, 1.82) is 0 Å². The maximum atomic E-state index is 12.4. The second-order valence-electron chi connectivity index (χ2n) is 5.98. The molecule has 0 atom stereocenters. The van der Waals surface area contributed by atoms with Gasteiger partial charge in [0.05, 0.1) is 6.07 Å². The number of nitrogens with one attached hydrogen (secondary N) is 1. The molecular weight excluding hydrogens is 394 g/mol. The predicted molar refractivity (Wildman–Crippen MR) is 108 cm³/mol. The third-order valence-corrected chi connectivity index (χ3v) is 3.97. The average Bonchev–Trinajstić information content (AvgIpc) is 3.21. The lowest BCUT2D eigenvalue weighted by molar-refractivity contribution is -0.402. The predicted octanol–water partition coefficient (Wildman–Crippen LogP) is 2.86. The molecule has 2 amide bonds. The fourth-order valence-electron chi connectivity index (χ4n) is 2.49. The third-order valence-electron chi connectivity index (χ3n) is 3.97. The first-order valence-corrected chi connectivity index (χ1v) is 9.12. The molecule has 0 aliphatic heterocycles. The highest BCUT2D eigenvalue weighted by Crippen LogP contribution is 2.16. The lowest BCUT2D eigenvalue weighted by atomic mass is 10.1. The van der Waals surface area contributed by atoms with Crippen molar-refractivity contribution >= 4 is 35.4 Å². The Labute approximate surface area is 172 Å². The zero-order valence-electron chi connectivity index (χ0n) is 16.5. The molecule has 0 fully saturated rings. The van der Waals surface area contributed by atoms with Crippen LogP contribution in [-0.4, -0.2) is 47.3 Å². The largest absolute Gasteiger partial charge is 0.452 e. The van der Waals surface area contributed by atoms with Crippen LogP contribution in [0.3, 0.4) is 0 Å². The van der Waals surface area contributed by atoms with Crippen molar-refractivity contribution in [2.45, 2.75) is 13.8 Å². The van der Waals surface area contributed by atoms with E-state index in [0.717, 1.165) is 12.1 Å². The maximum absolute atomic E-state index is 12.4. The molecule has 1 heterocycles. The Morgan fingerprint density at radius 3 is 2.57 bits per heavy atom. The first-order valence-electron chi connectivity index (χ1n) is 9.12. The number of ether oxygens (including phenoxy) is 1. The molecule has 30 heavy (non-hydrogen) atoms. The molecule has 0 saturated heterocycles. The van der Waals surface area contributed by atoms with E-state index in [2.05, 4.69) is 5.32 Å². The highest BCUT2D eigenvalue weighted by molar-refractivity contribution is 5.98. The summed E-state index contributed by atoms with van der Waals surface area (Å²) < 4.78 is 9.67. The monoisotopic (exact) mass is 415 g/mol. The number of furan rings is 1. The smallest absolute Gasteiger partial charge is 0.433 e. The second-order valence-corrected chi connectivity index (χ2v) is 5.98. The molecule has 2 rings (SSSR count). The van der Waals surface area contributed by atoms with Crippen molar-refractivity contribution in [3.63, 3.8) is 0 Å². The number of hydrogen-bond acceptors (Lipinski definition) is 7. The number of rotatable bonds is 9. The number of esters is 1. The fraction of sp³-hybridized carbons (Fsp3) is 0.250. The quantitative estimate of drug-likeness (QED) is 0.288. The van der Waals surface area contributed by atoms with E-state index in [4.69, 9.17) is 9.15 Å². The van der Waals surface area contributed by atoms with Crippen LogP contribution < -0.4 is 5.32 Å². The van der Waals surface area contributed by atoms with Crippen LogP contribution in [0.1, 0.15) is 30.0 Å². The molecule has 10 heteroatoms.